The summed E-state index contributed by atoms with van der Waals surface area (Å²) < 4.78 is 32.3. The monoisotopic (exact) mass is 331 g/mol. The highest BCUT2D eigenvalue weighted by molar-refractivity contribution is 7.92. The smallest absolute Gasteiger partial charge is 0.261 e. The van der Waals surface area contributed by atoms with E-state index < -0.39 is 10.0 Å². The Morgan fingerprint density at radius 1 is 1.09 bits per heavy atom. The van der Waals surface area contributed by atoms with E-state index in [1.165, 1.54) is 19.2 Å². The SMILES string of the molecule is COc1ccc(S(=O)(=O)Nc2ccc(C3=NCCN3)cc2)cc1. The van der Waals surface area contributed by atoms with Crippen molar-refractivity contribution >= 4 is 21.5 Å². The fourth-order valence-corrected chi connectivity index (χ4v) is 3.31. The van der Waals surface area contributed by atoms with Gasteiger partial charge < -0.3 is 10.1 Å². The van der Waals surface area contributed by atoms with E-state index in [0.717, 1.165) is 24.5 Å². The molecule has 23 heavy (non-hydrogen) atoms. The summed E-state index contributed by atoms with van der Waals surface area (Å²) in [6.07, 6.45) is 0. The highest BCUT2D eigenvalue weighted by Gasteiger charge is 2.14. The third kappa shape index (κ3) is 3.45. The van der Waals surface area contributed by atoms with Crippen molar-refractivity contribution in [2.24, 2.45) is 4.99 Å². The third-order valence-corrected chi connectivity index (χ3v) is 4.85. The predicted molar refractivity (Wildman–Crippen MR) is 89.7 cm³/mol. The molecule has 2 aromatic rings. The first-order valence-corrected chi connectivity index (χ1v) is 8.62. The fraction of sp³-hybridized carbons (Fsp3) is 0.188. The Hall–Kier alpha value is -2.54. The molecule has 2 N–H and O–H groups in total. The number of methoxy groups -OCH3 is 1. The maximum atomic E-state index is 12.4. The summed E-state index contributed by atoms with van der Waals surface area (Å²) in [5.41, 5.74) is 1.44. The largest absolute Gasteiger partial charge is 0.497 e. The maximum Gasteiger partial charge on any atom is 0.261 e. The fourth-order valence-electron chi connectivity index (χ4n) is 2.26. The van der Waals surface area contributed by atoms with Crippen LogP contribution in [0.2, 0.25) is 0 Å². The molecule has 0 saturated carbocycles. The van der Waals surface area contributed by atoms with Gasteiger partial charge in [-0.25, -0.2) is 8.42 Å². The molecule has 7 heteroatoms. The molecule has 0 spiro atoms. The van der Waals surface area contributed by atoms with Crippen molar-refractivity contribution in [3.63, 3.8) is 0 Å². The number of anilines is 1. The number of rotatable bonds is 5. The van der Waals surface area contributed by atoms with Gasteiger partial charge in [-0.15, -0.1) is 0 Å². The Kier molecular flexibility index (Phi) is 4.20. The van der Waals surface area contributed by atoms with Crippen LogP contribution in [0.5, 0.6) is 5.75 Å². The number of ether oxygens (including phenoxy) is 1. The maximum absolute atomic E-state index is 12.4. The van der Waals surface area contributed by atoms with Gasteiger partial charge in [-0.3, -0.25) is 9.71 Å². The first-order chi connectivity index (χ1) is 11.1. The average molecular weight is 331 g/mol. The molecule has 120 valence electrons. The van der Waals surface area contributed by atoms with Crippen LogP contribution in [-0.2, 0) is 10.0 Å². The predicted octanol–water partition coefficient (Wildman–Crippen LogP) is 1.85. The van der Waals surface area contributed by atoms with Gasteiger partial charge >= 0.3 is 0 Å². The minimum atomic E-state index is -3.62. The van der Waals surface area contributed by atoms with Crippen LogP contribution in [0.15, 0.2) is 58.4 Å². The molecule has 1 aliphatic heterocycles. The normalized spacial score (nSPS) is 14.0. The summed E-state index contributed by atoms with van der Waals surface area (Å²) in [4.78, 5) is 4.51. The van der Waals surface area contributed by atoms with Crippen molar-refractivity contribution < 1.29 is 13.2 Å². The Balaban J connectivity index is 1.76. The molecular formula is C16H17N3O3S. The molecule has 0 unspecified atom stereocenters. The number of hydrogen-bond donors (Lipinski definition) is 2. The van der Waals surface area contributed by atoms with Crippen LogP contribution in [-0.4, -0.2) is 34.5 Å². The van der Waals surface area contributed by atoms with Crippen molar-refractivity contribution in [3.8, 4) is 5.75 Å². The standard InChI is InChI=1S/C16H17N3O3S/c1-22-14-6-8-15(9-7-14)23(20,21)19-13-4-2-12(3-5-13)16-17-10-11-18-16/h2-9,19H,10-11H2,1H3,(H,17,18). The van der Waals surface area contributed by atoms with Crippen LogP contribution in [0.4, 0.5) is 5.69 Å². The number of sulfonamides is 1. The number of nitrogens with one attached hydrogen (secondary N) is 2. The van der Waals surface area contributed by atoms with E-state index in [-0.39, 0.29) is 4.90 Å². The number of amidine groups is 1. The zero-order valence-electron chi connectivity index (χ0n) is 12.6. The van der Waals surface area contributed by atoms with E-state index in [4.69, 9.17) is 4.74 Å². The lowest BCUT2D eigenvalue weighted by Crippen LogP contribution is -2.19. The van der Waals surface area contributed by atoms with Gasteiger partial charge in [0.05, 0.1) is 18.6 Å². The Bertz CT molecular complexity index is 813. The van der Waals surface area contributed by atoms with Crippen LogP contribution >= 0.6 is 0 Å². The van der Waals surface area contributed by atoms with Crippen LogP contribution in [0.25, 0.3) is 0 Å². The Morgan fingerprint density at radius 3 is 2.35 bits per heavy atom. The molecule has 0 atom stereocenters. The molecule has 0 saturated heterocycles. The number of nitrogens with zero attached hydrogens (tertiary/aromatic N) is 1. The highest BCUT2D eigenvalue weighted by Crippen LogP contribution is 2.19. The van der Waals surface area contributed by atoms with Crippen LogP contribution in [0.1, 0.15) is 5.56 Å². The Morgan fingerprint density at radius 2 is 1.78 bits per heavy atom. The molecule has 0 aromatic heterocycles. The van der Waals surface area contributed by atoms with Crippen LogP contribution in [0, 0.1) is 0 Å². The van der Waals surface area contributed by atoms with E-state index in [0.29, 0.717) is 11.4 Å². The van der Waals surface area contributed by atoms with Gasteiger partial charge in [0.15, 0.2) is 0 Å². The quantitative estimate of drug-likeness (QED) is 0.876. The highest BCUT2D eigenvalue weighted by atomic mass is 32.2. The zero-order chi connectivity index (χ0) is 16.3. The average Bonchev–Trinajstić information content (AvgIpc) is 3.10. The topological polar surface area (TPSA) is 79.8 Å². The van der Waals surface area contributed by atoms with Gasteiger partial charge in [-0.1, -0.05) is 0 Å². The van der Waals surface area contributed by atoms with Gasteiger partial charge in [0, 0.05) is 17.8 Å². The lowest BCUT2D eigenvalue weighted by atomic mass is 10.2. The van der Waals surface area contributed by atoms with Crippen molar-refractivity contribution in [1.29, 1.82) is 0 Å². The first-order valence-electron chi connectivity index (χ1n) is 7.14. The van der Waals surface area contributed by atoms with Crippen LogP contribution < -0.4 is 14.8 Å². The van der Waals surface area contributed by atoms with Gasteiger partial charge in [-0.2, -0.15) is 0 Å². The lowest BCUT2D eigenvalue weighted by Gasteiger charge is -2.09. The van der Waals surface area contributed by atoms with Crippen LogP contribution in [0.3, 0.4) is 0 Å². The summed E-state index contributed by atoms with van der Waals surface area (Å²) >= 11 is 0. The molecule has 3 rings (SSSR count). The molecule has 0 amide bonds. The van der Waals surface area contributed by atoms with Crippen molar-refractivity contribution in [3.05, 3.63) is 54.1 Å². The molecule has 0 radical (unpaired) electrons. The molecule has 0 aliphatic carbocycles. The molecule has 2 aromatic carbocycles. The van der Waals surface area contributed by atoms with E-state index in [9.17, 15) is 8.42 Å². The molecule has 0 bridgehead atoms. The molecular weight excluding hydrogens is 314 g/mol. The van der Waals surface area contributed by atoms with Gasteiger partial charge in [0.25, 0.3) is 10.0 Å². The lowest BCUT2D eigenvalue weighted by molar-refractivity contribution is 0.414. The minimum absolute atomic E-state index is 0.184. The van der Waals surface area contributed by atoms with Crippen molar-refractivity contribution in [1.82, 2.24) is 5.32 Å². The number of aliphatic imine (C=N–C) groups is 1. The second-order valence-corrected chi connectivity index (χ2v) is 6.70. The summed E-state index contributed by atoms with van der Waals surface area (Å²) in [5.74, 6) is 1.45. The van der Waals surface area contributed by atoms with E-state index in [1.54, 1.807) is 24.3 Å². The zero-order valence-corrected chi connectivity index (χ0v) is 13.4. The van der Waals surface area contributed by atoms with Crippen molar-refractivity contribution in [2.75, 3.05) is 24.9 Å². The molecule has 6 nitrogen and oxygen atoms in total. The molecule has 1 heterocycles. The minimum Gasteiger partial charge on any atom is -0.497 e. The summed E-state index contributed by atoms with van der Waals surface area (Å²) in [7, 11) is -2.09. The third-order valence-electron chi connectivity index (χ3n) is 3.45. The van der Waals surface area contributed by atoms with Gasteiger partial charge in [0.2, 0.25) is 0 Å². The van der Waals surface area contributed by atoms with E-state index >= 15 is 0 Å². The van der Waals surface area contributed by atoms with E-state index in [2.05, 4.69) is 15.0 Å². The molecule has 1 aliphatic rings. The first kappa shape index (κ1) is 15.4. The van der Waals surface area contributed by atoms with Gasteiger partial charge in [0.1, 0.15) is 11.6 Å². The summed E-state index contributed by atoms with van der Waals surface area (Å²) in [6.45, 7) is 1.60. The number of hydrogen-bond acceptors (Lipinski definition) is 5. The second kappa shape index (κ2) is 6.29. The summed E-state index contributed by atoms with van der Waals surface area (Å²) in [5, 5.41) is 3.18. The Labute approximate surface area is 135 Å². The second-order valence-electron chi connectivity index (χ2n) is 5.02. The van der Waals surface area contributed by atoms with E-state index in [1.807, 2.05) is 12.1 Å². The van der Waals surface area contributed by atoms with Crippen molar-refractivity contribution in [2.45, 2.75) is 4.90 Å². The molecule has 0 fully saturated rings. The summed E-state index contributed by atoms with van der Waals surface area (Å²) in [6, 6.07) is 13.4. The van der Waals surface area contributed by atoms with Gasteiger partial charge in [-0.05, 0) is 48.5 Å². The number of benzene rings is 2.